The lowest BCUT2D eigenvalue weighted by Gasteiger charge is -2.33. The predicted octanol–water partition coefficient (Wildman–Crippen LogP) is 4.13. The first-order valence-electron chi connectivity index (χ1n) is 8.37. The summed E-state index contributed by atoms with van der Waals surface area (Å²) in [5.74, 6) is 0.962. The van der Waals surface area contributed by atoms with Crippen molar-refractivity contribution in [2.45, 2.75) is 57.5 Å². The summed E-state index contributed by atoms with van der Waals surface area (Å²) in [5, 5.41) is 3.39. The summed E-state index contributed by atoms with van der Waals surface area (Å²) >= 11 is 0. The SMILES string of the molecule is CCC(NC)c1ccc(N2CCC3CCCCC32)cc1. The molecule has 0 amide bonds. The van der Waals surface area contributed by atoms with Gasteiger partial charge in [0.1, 0.15) is 0 Å². The maximum atomic E-state index is 3.39. The van der Waals surface area contributed by atoms with Crippen molar-refractivity contribution in [3.05, 3.63) is 29.8 Å². The number of fused-ring (bicyclic) bond motifs is 1. The number of nitrogens with one attached hydrogen (secondary N) is 1. The van der Waals surface area contributed by atoms with E-state index in [2.05, 4.69) is 48.5 Å². The second-order valence-electron chi connectivity index (χ2n) is 6.43. The molecule has 1 aliphatic carbocycles. The number of rotatable bonds is 4. The summed E-state index contributed by atoms with van der Waals surface area (Å²) in [4.78, 5) is 2.67. The van der Waals surface area contributed by atoms with Crippen LogP contribution in [0.2, 0.25) is 0 Å². The van der Waals surface area contributed by atoms with Gasteiger partial charge in [0, 0.05) is 24.3 Å². The summed E-state index contributed by atoms with van der Waals surface area (Å²) in [5.41, 5.74) is 2.85. The van der Waals surface area contributed by atoms with Gasteiger partial charge in [0.25, 0.3) is 0 Å². The van der Waals surface area contributed by atoms with E-state index in [1.54, 1.807) is 0 Å². The summed E-state index contributed by atoms with van der Waals surface area (Å²) in [6.45, 7) is 3.50. The van der Waals surface area contributed by atoms with E-state index in [0.717, 1.165) is 18.4 Å². The van der Waals surface area contributed by atoms with Crippen LogP contribution < -0.4 is 10.2 Å². The fourth-order valence-electron chi connectivity index (χ4n) is 4.23. The highest BCUT2D eigenvalue weighted by Gasteiger charge is 2.35. The molecule has 1 saturated carbocycles. The Bertz CT molecular complexity index is 422. The van der Waals surface area contributed by atoms with E-state index >= 15 is 0 Å². The lowest BCUT2D eigenvalue weighted by Crippen LogP contribution is -2.34. The maximum absolute atomic E-state index is 3.39. The highest BCUT2D eigenvalue weighted by Crippen LogP contribution is 2.38. The van der Waals surface area contributed by atoms with Crippen molar-refractivity contribution in [3.8, 4) is 0 Å². The van der Waals surface area contributed by atoms with E-state index < -0.39 is 0 Å². The number of anilines is 1. The van der Waals surface area contributed by atoms with Crippen molar-refractivity contribution < 1.29 is 0 Å². The van der Waals surface area contributed by atoms with Crippen molar-refractivity contribution in [3.63, 3.8) is 0 Å². The monoisotopic (exact) mass is 272 g/mol. The molecule has 1 aromatic carbocycles. The minimum Gasteiger partial charge on any atom is -0.368 e. The highest BCUT2D eigenvalue weighted by atomic mass is 15.2. The molecule has 20 heavy (non-hydrogen) atoms. The molecular weight excluding hydrogens is 244 g/mol. The Labute approximate surface area is 123 Å². The molecule has 3 rings (SSSR count). The molecule has 1 saturated heterocycles. The van der Waals surface area contributed by atoms with Crippen molar-refractivity contribution in [2.24, 2.45) is 5.92 Å². The topological polar surface area (TPSA) is 15.3 Å². The van der Waals surface area contributed by atoms with E-state index in [0.29, 0.717) is 6.04 Å². The lowest BCUT2D eigenvalue weighted by atomic mass is 9.85. The van der Waals surface area contributed by atoms with Gasteiger partial charge in [-0.1, -0.05) is 31.9 Å². The second-order valence-corrected chi connectivity index (χ2v) is 6.43. The first-order chi connectivity index (χ1) is 9.83. The Morgan fingerprint density at radius 3 is 2.60 bits per heavy atom. The van der Waals surface area contributed by atoms with Gasteiger partial charge in [-0.25, -0.2) is 0 Å². The second kappa shape index (κ2) is 6.17. The molecule has 1 aromatic rings. The average molecular weight is 272 g/mol. The molecule has 3 unspecified atom stereocenters. The van der Waals surface area contributed by atoms with Crippen LogP contribution in [0.4, 0.5) is 5.69 Å². The molecular formula is C18H28N2. The van der Waals surface area contributed by atoms with Crippen molar-refractivity contribution in [2.75, 3.05) is 18.5 Å². The van der Waals surface area contributed by atoms with Gasteiger partial charge in [-0.2, -0.15) is 0 Å². The Morgan fingerprint density at radius 2 is 1.90 bits per heavy atom. The average Bonchev–Trinajstić information content (AvgIpc) is 2.93. The van der Waals surface area contributed by atoms with E-state index in [1.807, 2.05) is 0 Å². The third-order valence-corrected chi connectivity index (χ3v) is 5.39. The van der Waals surface area contributed by atoms with Gasteiger partial charge in [-0.3, -0.25) is 0 Å². The van der Waals surface area contributed by atoms with Gasteiger partial charge in [0.2, 0.25) is 0 Å². The van der Waals surface area contributed by atoms with E-state index in [-0.39, 0.29) is 0 Å². The van der Waals surface area contributed by atoms with Crippen LogP contribution in [0.1, 0.15) is 57.1 Å². The Balaban J connectivity index is 1.74. The van der Waals surface area contributed by atoms with Crippen LogP contribution in [0, 0.1) is 5.92 Å². The van der Waals surface area contributed by atoms with Crippen LogP contribution in [0.25, 0.3) is 0 Å². The van der Waals surface area contributed by atoms with Crippen molar-refractivity contribution >= 4 is 5.69 Å². The first kappa shape index (κ1) is 13.9. The molecule has 2 fully saturated rings. The van der Waals surface area contributed by atoms with Gasteiger partial charge in [0.15, 0.2) is 0 Å². The van der Waals surface area contributed by atoms with E-state index in [1.165, 1.54) is 49.9 Å². The number of nitrogens with zero attached hydrogens (tertiary/aromatic N) is 1. The molecule has 2 nitrogen and oxygen atoms in total. The third kappa shape index (κ3) is 2.58. The molecule has 3 atom stereocenters. The van der Waals surface area contributed by atoms with Gasteiger partial charge >= 0.3 is 0 Å². The summed E-state index contributed by atoms with van der Waals surface area (Å²) in [6, 6.07) is 10.6. The summed E-state index contributed by atoms with van der Waals surface area (Å²) in [6.07, 6.45) is 8.28. The molecule has 0 spiro atoms. The quantitative estimate of drug-likeness (QED) is 0.886. The van der Waals surface area contributed by atoms with Gasteiger partial charge in [-0.15, -0.1) is 0 Å². The Hall–Kier alpha value is -1.02. The Morgan fingerprint density at radius 1 is 1.15 bits per heavy atom. The number of hydrogen-bond donors (Lipinski definition) is 1. The molecule has 1 aliphatic heterocycles. The fourth-order valence-corrected chi connectivity index (χ4v) is 4.23. The van der Waals surface area contributed by atoms with Crippen LogP contribution in [0.15, 0.2) is 24.3 Å². The fraction of sp³-hybridized carbons (Fsp3) is 0.667. The summed E-state index contributed by atoms with van der Waals surface area (Å²) in [7, 11) is 2.05. The van der Waals surface area contributed by atoms with Crippen molar-refractivity contribution in [1.29, 1.82) is 0 Å². The lowest BCUT2D eigenvalue weighted by molar-refractivity contribution is 0.342. The number of benzene rings is 1. The van der Waals surface area contributed by atoms with Crippen LogP contribution >= 0.6 is 0 Å². The standard InChI is InChI=1S/C18H28N2/c1-3-17(19-2)14-8-10-16(11-9-14)20-13-12-15-6-4-5-7-18(15)20/h8-11,15,17-19H,3-7,12-13H2,1-2H3. The molecule has 1 N–H and O–H groups in total. The Kier molecular flexibility index (Phi) is 4.30. The van der Waals surface area contributed by atoms with Gasteiger partial charge < -0.3 is 10.2 Å². The third-order valence-electron chi connectivity index (χ3n) is 5.39. The predicted molar refractivity (Wildman–Crippen MR) is 86.2 cm³/mol. The zero-order chi connectivity index (χ0) is 13.9. The first-order valence-corrected chi connectivity index (χ1v) is 8.37. The zero-order valence-corrected chi connectivity index (χ0v) is 12.9. The van der Waals surface area contributed by atoms with Crippen molar-refractivity contribution in [1.82, 2.24) is 5.32 Å². The molecule has 2 heteroatoms. The summed E-state index contributed by atoms with van der Waals surface area (Å²) < 4.78 is 0. The zero-order valence-electron chi connectivity index (χ0n) is 12.9. The van der Waals surface area contributed by atoms with E-state index in [4.69, 9.17) is 0 Å². The molecule has 2 aliphatic rings. The normalized spacial score (nSPS) is 27.4. The molecule has 0 aromatic heterocycles. The number of hydrogen-bond acceptors (Lipinski definition) is 2. The minimum atomic E-state index is 0.491. The smallest absolute Gasteiger partial charge is 0.0369 e. The molecule has 110 valence electrons. The molecule has 0 bridgehead atoms. The van der Waals surface area contributed by atoms with Crippen LogP contribution in [-0.4, -0.2) is 19.6 Å². The van der Waals surface area contributed by atoms with E-state index in [9.17, 15) is 0 Å². The molecule has 1 heterocycles. The van der Waals surface area contributed by atoms with Crippen LogP contribution in [0.3, 0.4) is 0 Å². The van der Waals surface area contributed by atoms with Gasteiger partial charge in [0.05, 0.1) is 0 Å². The van der Waals surface area contributed by atoms with Gasteiger partial charge in [-0.05, 0) is 56.3 Å². The highest BCUT2D eigenvalue weighted by molar-refractivity contribution is 5.50. The van der Waals surface area contributed by atoms with Crippen LogP contribution in [-0.2, 0) is 0 Å². The largest absolute Gasteiger partial charge is 0.368 e. The maximum Gasteiger partial charge on any atom is 0.0369 e. The molecule has 0 radical (unpaired) electrons. The van der Waals surface area contributed by atoms with Crippen LogP contribution in [0.5, 0.6) is 0 Å². The minimum absolute atomic E-state index is 0.491.